The first-order chi connectivity index (χ1) is 14.6. The van der Waals surface area contributed by atoms with Crippen molar-refractivity contribution in [3.8, 4) is 0 Å². The number of urea groups is 1. The lowest BCUT2D eigenvalue weighted by atomic mass is 9.81. The van der Waals surface area contributed by atoms with Crippen molar-refractivity contribution in [3.05, 3.63) is 69.9 Å². The summed E-state index contributed by atoms with van der Waals surface area (Å²) >= 11 is 3.42. The predicted octanol–water partition coefficient (Wildman–Crippen LogP) is 4.72. The van der Waals surface area contributed by atoms with Gasteiger partial charge in [-0.3, -0.25) is 4.18 Å². The van der Waals surface area contributed by atoms with Crippen LogP contribution in [-0.2, 0) is 19.8 Å². The molecule has 2 aromatic rings. The second-order valence-electron chi connectivity index (χ2n) is 7.82. The molecular formula is C22H26BrFN2O4S. The first-order valence-corrected chi connectivity index (χ1v) is 12.7. The molecule has 0 aliphatic carbocycles. The molecule has 1 heterocycles. The molecule has 0 spiro atoms. The summed E-state index contributed by atoms with van der Waals surface area (Å²) in [4.78, 5) is 14.9. The van der Waals surface area contributed by atoms with E-state index in [2.05, 4.69) is 21.2 Å². The first-order valence-electron chi connectivity index (χ1n) is 10.0. The molecule has 0 unspecified atom stereocenters. The Morgan fingerprint density at radius 2 is 1.84 bits per heavy atom. The monoisotopic (exact) mass is 512 g/mol. The third-order valence-electron chi connectivity index (χ3n) is 5.65. The van der Waals surface area contributed by atoms with Gasteiger partial charge in [-0.05, 0) is 61.6 Å². The number of hydrogen-bond donors (Lipinski definition) is 1. The fourth-order valence-corrected chi connectivity index (χ4v) is 4.63. The summed E-state index contributed by atoms with van der Waals surface area (Å²) in [5.41, 5.74) is 1.09. The zero-order valence-corrected chi connectivity index (χ0v) is 19.9. The van der Waals surface area contributed by atoms with Crippen molar-refractivity contribution < 1.29 is 21.8 Å². The fraction of sp³-hybridized carbons (Fsp3) is 0.409. The number of carbonyl (C=O) groups is 1. The van der Waals surface area contributed by atoms with E-state index in [9.17, 15) is 17.6 Å². The van der Waals surface area contributed by atoms with Gasteiger partial charge in [0, 0.05) is 11.0 Å². The number of nitrogens with zero attached hydrogens (tertiary/aromatic N) is 1. The van der Waals surface area contributed by atoms with E-state index >= 15 is 0 Å². The Balaban J connectivity index is 1.78. The molecule has 0 radical (unpaired) electrons. The van der Waals surface area contributed by atoms with Crippen LogP contribution in [0.25, 0.3) is 0 Å². The van der Waals surface area contributed by atoms with Crippen molar-refractivity contribution in [1.82, 2.24) is 10.2 Å². The topological polar surface area (TPSA) is 75.7 Å². The Labute approximate surface area is 191 Å². The average Bonchev–Trinajstić information content (AvgIpc) is 2.71. The van der Waals surface area contributed by atoms with Gasteiger partial charge in [-0.2, -0.15) is 8.42 Å². The third kappa shape index (κ3) is 6.05. The molecule has 2 aromatic carbocycles. The molecule has 168 valence electrons. The summed E-state index contributed by atoms with van der Waals surface area (Å²) < 4.78 is 41.8. The van der Waals surface area contributed by atoms with Gasteiger partial charge in [0.1, 0.15) is 5.82 Å². The van der Waals surface area contributed by atoms with Crippen LogP contribution in [0.1, 0.15) is 43.4 Å². The zero-order chi connectivity index (χ0) is 22.6. The molecule has 0 bridgehead atoms. The summed E-state index contributed by atoms with van der Waals surface area (Å²) in [5.74, 6) is -0.355. The summed E-state index contributed by atoms with van der Waals surface area (Å²) in [7, 11) is -3.53. The van der Waals surface area contributed by atoms with E-state index in [-0.39, 0.29) is 24.5 Å². The second kappa shape index (κ2) is 9.67. The smallest absolute Gasteiger partial charge is 0.318 e. The summed E-state index contributed by atoms with van der Waals surface area (Å²) in [5, 5.41) is 3.13. The van der Waals surface area contributed by atoms with Gasteiger partial charge in [0.25, 0.3) is 10.1 Å². The SMILES string of the molecule is C[C@@H](c1ccc(Br)cc1)N1CC[C@@](CCCOS(C)(=O)=O)(c2ccc(F)cc2)NC1=O. The maximum Gasteiger partial charge on any atom is 0.318 e. The van der Waals surface area contributed by atoms with Crippen LogP contribution in [0.3, 0.4) is 0 Å². The van der Waals surface area contributed by atoms with E-state index in [1.807, 2.05) is 31.2 Å². The molecule has 9 heteroatoms. The van der Waals surface area contributed by atoms with Gasteiger partial charge in [-0.25, -0.2) is 9.18 Å². The Bertz CT molecular complexity index is 1010. The molecule has 0 saturated carbocycles. The summed E-state index contributed by atoms with van der Waals surface area (Å²) in [6.45, 7) is 2.51. The van der Waals surface area contributed by atoms with E-state index in [4.69, 9.17) is 4.18 Å². The van der Waals surface area contributed by atoms with Crippen molar-refractivity contribution in [2.45, 2.75) is 37.8 Å². The minimum atomic E-state index is -3.53. The number of nitrogens with one attached hydrogen (secondary N) is 1. The molecule has 1 aliphatic heterocycles. The number of benzene rings is 2. The summed E-state index contributed by atoms with van der Waals surface area (Å²) in [6, 6.07) is 13.6. The highest BCUT2D eigenvalue weighted by molar-refractivity contribution is 9.10. The molecular weight excluding hydrogens is 487 g/mol. The number of amides is 2. The molecule has 2 atom stereocenters. The number of carbonyl (C=O) groups excluding carboxylic acids is 1. The quantitative estimate of drug-likeness (QED) is 0.410. The van der Waals surface area contributed by atoms with E-state index in [1.165, 1.54) is 12.1 Å². The Morgan fingerprint density at radius 1 is 1.19 bits per heavy atom. The Hall–Kier alpha value is -1.97. The van der Waals surface area contributed by atoms with Crippen LogP contribution in [0.15, 0.2) is 53.0 Å². The highest BCUT2D eigenvalue weighted by Crippen LogP contribution is 2.36. The maximum atomic E-state index is 13.5. The van der Waals surface area contributed by atoms with Crippen LogP contribution in [-0.4, -0.2) is 38.8 Å². The molecule has 3 rings (SSSR count). The third-order valence-corrected chi connectivity index (χ3v) is 6.77. The number of halogens is 2. The van der Waals surface area contributed by atoms with Crippen molar-refractivity contribution in [1.29, 1.82) is 0 Å². The first kappa shape index (κ1) is 23.7. The van der Waals surface area contributed by atoms with E-state index in [0.717, 1.165) is 21.9 Å². The zero-order valence-electron chi connectivity index (χ0n) is 17.5. The van der Waals surface area contributed by atoms with Crippen LogP contribution in [0.2, 0.25) is 0 Å². The van der Waals surface area contributed by atoms with Gasteiger partial charge in [0.2, 0.25) is 0 Å². The normalized spacial score (nSPS) is 20.4. The minimum Gasteiger partial charge on any atom is -0.328 e. The van der Waals surface area contributed by atoms with Crippen molar-refractivity contribution in [2.24, 2.45) is 0 Å². The van der Waals surface area contributed by atoms with Gasteiger partial charge < -0.3 is 10.2 Å². The van der Waals surface area contributed by atoms with Crippen LogP contribution >= 0.6 is 15.9 Å². The number of rotatable bonds is 8. The molecule has 0 aromatic heterocycles. The maximum absolute atomic E-state index is 13.5. The standard InChI is InChI=1S/C22H26BrFN2O4S/c1-16(17-4-8-19(23)9-5-17)26-14-13-22(25-21(26)27,12-3-15-30-31(2,28)29)18-6-10-20(24)11-7-18/h4-11,16H,3,12-15H2,1-2H3,(H,25,27)/t16-,22-/m0/s1. The highest BCUT2D eigenvalue weighted by atomic mass is 79.9. The molecule has 6 nitrogen and oxygen atoms in total. The molecule has 1 N–H and O–H groups in total. The molecule has 1 saturated heterocycles. The van der Waals surface area contributed by atoms with E-state index in [1.54, 1.807) is 17.0 Å². The van der Waals surface area contributed by atoms with Gasteiger partial charge in [0.05, 0.1) is 24.4 Å². The lowest BCUT2D eigenvalue weighted by Gasteiger charge is -2.45. The molecule has 1 fully saturated rings. The molecule has 1 aliphatic rings. The summed E-state index contributed by atoms with van der Waals surface area (Å²) in [6.07, 6.45) is 2.50. The van der Waals surface area contributed by atoms with Crippen LogP contribution < -0.4 is 5.32 Å². The lowest BCUT2D eigenvalue weighted by Crippen LogP contribution is -2.58. The average molecular weight is 513 g/mol. The van der Waals surface area contributed by atoms with Crippen molar-refractivity contribution in [2.75, 3.05) is 19.4 Å². The highest BCUT2D eigenvalue weighted by Gasteiger charge is 2.40. The Kier molecular flexibility index (Phi) is 7.39. The molecule has 31 heavy (non-hydrogen) atoms. The van der Waals surface area contributed by atoms with Crippen LogP contribution in [0.4, 0.5) is 9.18 Å². The number of hydrogen-bond acceptors (Lipinski definition) is 4. The van der Waals surface area contributed by atoms with E-state index < -0.39 is 15.7 Å². The molecule has 2 amide bonds. The van der Waals surface area contributed by atoms with Crippen LogP contribution in [0.5, 0.6) is 0 Å². The minimum absolute atomic E-state index is 0.0245. The van der Waals surface area contributed by atoms with Gasteiger partial charge in [0.15, 0.2) is 0 Å². The Morgan fingerprint density at radius 3 is 2.42 bits per heavy atom. The lowest BCUT2D eigenvalue weighted by molar-refractivity contribution is 0.118. The second-order valence-corrected chi connectivity index (χ2v) is 10.4. The van der Waals surface area contributed by atoms with Gasteiger partial charge in [-0.1, -0.05) is 40.2 Å². The fourth-order valence-electron chi connectivity index (χ4n) is 3.94. The predicted molar refractivity (Wildman–Crippen MR) is 121 cm³/mol. The van der Waals surface area contributed by atoms with E-state index in [0.29, 0.717) is 25.8 Å². The van der Waals surface area contributed by atoms with Crippen LogP contribution in [0, 0.1) is 5.82 Å². The van der Waals surface area contributed by atoms with Gasteiger partial charge in [-0.15, -0.1) is 0 Å². The van der Waals surface area contributed by atoms with Crippen molar-refractivity contribution in [3.63, 3.8) is 0 Å². The van der Waals surface area contributed by atoms with Gasteiger partial charge >= 0.3 is 6.03 Å². The van der Waals surface area contributed by atoms with Crippen molar-refractivity contribution >= 4 is 32.1 Å². The largest absolute Gasteiger partial charge is 0.328 e.